The molecule has 0 aliphatic rings. The number of carbonyl (C=O) groups excluding carboxylic acids is 1. The molecule has 1 atom stereocenters. The molecule has 3 N–H and O–H groups in total. The van der Waals surface area contributed by atoms with Crippen molar-refractivity contribution in [2.75, 3.05) is 13.7 Å². The molecule has 1 aromatic carbocycles. The number of nitro benzene ring substituents is 1. The van der Waals surface area contributed by atoms with Gasteiger partial charge in [0.25, 0.3) is 0 Å². The van der Waals surface area contributed by atoms with Gasteiger partial charge >= 0.3 is 5.69 Å². The van der Waals surface area contributed by atoms with Crippen molar-refractivity contribution in [3.63, 3.8) is 0 Å². The molecule has 0 aliphatic heterocycles. The molecule has 7 heteroatoms. The second-order valence-electron chi connectivity index (χ2n) is 4.27. The molecule has 1 amide bonds. The van der Waals surface area contributed by atoms with Gasteiger partial charge in [-0.2, -0.15) is 0 Å². The number of ether oxygens (including phenoxy) is 1. The van der Waals surface area contributed by atoms with Gasteiger partial charge in [-0.15, -0.1) is 0 Å². The van der Waals surface area contributed by atoms with Crippen LogP contribution in [0, 0.1) is 10.1 Å². The fraction of sp³-hybridized carbons (Fsp3) is 0.417. The molecule has 0 saturated heterocycles. The number of hydrogen-bond acceptors (Lipinski definition) is 5. The minimum atomic E-state index is -0.899. The number of nitrogens with two attached hydrogens (primary N) is 1. The number of carbonyl (C=O) groups is 1. The third-order valence-corrected chi connectivity index (χ3v) is 3.02. The van der Waals surface area contributed by atoms with Crippen molar-refractivity contribution in [2.24, 2.45) is 5.73 Å². The standard InChI is InChI=1S/C12H17N3O4/c1-12(14-2,11(13)16)7-8-19-10-6-4-3-5-9(10)15(17)18/h3-6,14H,7-8H2,1-2H3,(H2,13,16). The highest BCUT2D eigenvalue weighted by atomic mass is 16.6. The lowest BCUT2D eigenvalue weighted by Crippen LogP contribution is -2.52. The van der Waals surface area contributed by atoms with E-state index in [4.69, 9.17) is 10.5 Å². The van der Waals surface area contributed by atoms with E-state index in [0.717, 1.165) is 0 Å². The fourth-order valence-corrected chi connectivity index (χ4v) is 1.47. The number of rotatable bonds is 7. The minimum absolute atomic E-state index is 0.104. The number of nitro groups is 1. The average Bonchev–Trinajstić information content (AvgIpc) is 2.38. The molecule has 0 bridgehead atoms. The summed E-state index contributed by atoms with van der Waals surface area (Å²) in [5, 5.41) is 13.6. The zero-order valence-electron chi connectivity index (χ0n) is 10.9. The number of nitrogens with zero attached hydrogens (tertiary/aromatic N) is 1. The highest BCUT2D eigenvalue weighted by Gasteiger charge is 2.29. The predicted octanol–water partition coefficient (Wildman–Crippen LogP) is 0.827. The van der Waals surface area contributed by atoms with E-state index < -0.39 is 16.4 Å². The van der Waals surface area contributed by atoms with Crippen LogP contribution < -0.4 is 15.8 Å². The lowest BCUT2D eigenvalue weighted by atomic mass is 9.98. The fourth-order valence-electron chi connectivity index (χ4n) is 1.47. The van der Waals surface area contributed by atoms with Crippen LogP contribution in [-0.2, 0) is 4.79 Å². The quantitative estimate of drug-likeness (QED) is 0.562. The first-order chi connectivity index (χ1) is 8.90. The summed E-state index contributed by atoms with van der Waals surface area (Å²) in [4.78, 5) is 21.5. The monoisotopic (exact) mass is 267 g/mol. The first kappa shape index (κ1) is 14.9. The van der Waals surface area contributed by atoms with Crippen molar-refractivity contribution in [3.05, 3.63) is 34.4 Å². The van der Waals surface area contributed by atoms with Gasteiger partial charge < -0.3 is 15.8 Å². The number of likely N-dealkylation sites (N-methyl/N-ethyl adjacent to an activating group) is 1. The van der Waals surface area contributed by atoms with Crippen molar-refractivity contribution in [1.29, 1.82) is 0 Å². The van der Waals surface area contributed by atoms with Crippen LogP contribution in [-0.4, -0.2) is 30.0 Å². The van der Waals surface area contributed by atoms with Crippen molar-refractivity contribution >= 4 is 11.6 Å². The minimum Gasteiger partial charge on any atom is -0.487 e. The van der Waals surface area contributed by atoms with Crippen molar-refractivity contribution < 1.29 is 14.5 Å². The summed E-state index contributed by atoms with van der Waals surface area (Å²) in [7, 11) is 1.62. The first-order valence-electron chi connectivity index (χ1n) is 5.76. The molecule has 0 fully saturated rings. The summed E-state index contributed by atoms with van der Waals surface area (Å²) in [6.07, 6.45) is 0.310. The predicted molar refractivity (Wildman–Crippen MR) is 69.9 cm³/mol. The Hall–Kier alpha value is -2.15. The molecule has 7 nitrogen and oxygen atoms in total. The third kappa shape index (κ3) is 3.65. The Morgan fingerprint density at radius 2 is 2.16 bits per heavy atom. The Morgan fingerprint density at radius 3 is 2.68 bits per heavy atom. The molecule has 0 radical (unpaired) electrons. The number of nitrogens with one attached hydrogen (secondary N) is 1. The Bertz CT molecular complexity index is 478. The van der Waals surface area contributed by atoms with Crippen LogP contribution in [0.4, 0.5) is 5.69 Å². The average molecular weight is 267 g/mol. The lowest BCUT2D eigenvalue weighted by Gasteiger charge is -2.25. The van der Waals surface area contributed by atoms with Gasteiger partial charge in [0.2, 0.25) is 5.91 Å². The van der Waals surface area contributed by atoms with Gasteiger partial charge in [0.15, 0.2) is 5.75 Å². The molecular weight excluding hydrogens is 250 g/mol. The number of para-hydroxylation sites is 2. The summed E-state index contributed by atoms with van der Waals surface area (Å²) in [6.45, 7) is 1.79. The van der Waals surface area contributed by atoms with Gasteiger partial charge in [0.1, 0.15) is 0 Å². The number of hydrogen-bond donors (Lipinski definition) is 2. The Labute approximate surface area is 110 Å². The molecule has 0 heterocycles. The van der Waals surface area contributed by atoms with Crippen LogP contribution in [0.25, 0.3) is 0 Å². The van der Waals surface area contributed by atoms with Crippen molar-refractivity contribution in [2.45, 2.75) is 18.9 Å². The second-order valence-corrected chi connectivity index (χ2v) is 4.27. The SMILES string of the molecule is CNC(C)(CCOc1ccccc1[N+](=O)[O-])C(N)=O. The molecule has 1 rings (SSSR count). The van der Waals surface area contributed by atoms with Gasteiger partial charge in [-0.05, 0) is 20.0 Å². The van der Waals surface area contributed by atoms with E-state index in [1.165, 1.54) is 12.1 Å². The van der Waals surface area contributed by atoms with E-state index in [-0.39, 0.29) is 18.0 Å². The summed E-state index contributed by atoms with van der Waals surface area (Å²) in [5.74, 6) is -0.323. The first-order valence-corrected chi connectivity index (χ1v) is 5.76. The molecule has 104 valence electrons. The largest absolute Gasteiger partial charge is 0.487 e. The molecule has 19 heavy (non-hydrogen) atoms. The van der Waals surface area contributed by atoms with Crippen LogP contribution in [0.5, 0.6) is 5.75 Å². The van der Waals surface area contributed by atoms with Crippen LogP contribution in [0.1, 0.15) is 13.3 Å². The van der Waals surface area contributed by atoms with E-state index in [1.807, 2.05) is 0 Å². The maximum Gasteiger partial charge on any atom is 0.310 e. The van der Waals surface area contributed by atoms with Crippen LogP contribution in [0.3, 0.4) is 0 Å². The van der Waals surface area contributed by atoms with E-state index in [9.17, 15) is 14.9 Å². The lowest BCUT2D eigenvalue weighted by molar-refractivity contribution is -0.385. The van der Waals surface area contributed by atoms with E-state index in [1.54, 1.807) is 26.1 Å². The summed E-state index contributed by atoms with van der Waals surface area (Å²) in [5.41, 5.74) is 4.27. The summed E-state index contributed by atoms with van der Waals surface area (Å²) < 4.78 is 5.36. The molecule has 0 aliphatic carbocycles. The molecular formula is C12H17N3O4. The van der Waals surface area contributed by atoms with Gasteiger partial charge in [-0.3, -0.25) is 14.9 Å². The van der Waals surface area contributed by atoms with Gasteiger partial charge in [0.05, 0.1) is 17.1 Å². The maximum atomic E-state index is 11.3. The van der Waals surface area contributed by atoms with Crippen molar-refractivity contribution in [3.8, 4) is 5.75 Å². The zero-order chi connectivity index (χ0) is 14.5. The Kier molecular flexibility index (Phi) is 4.82. The molecule has 0 spiro atoms. The van der Waals surface area contributed by atoms with Crippen LogP contribution in [0.15, 0.2) is 24.3 Å². The van der Waals surface area contributed by atoms with Gasteiger partial charge in [-0.1, -0.05) is 12.1 Å². The number of benzene rings is 1. The highest BCUT2D eigenvalue weighted by molar-refractivity contribution is 5.84. The third-order valence-electron chi connectivity index (χ3n) is 3.02. The smallest absolute Gasteiger partial charge is 0.310 e. The van der Waals surface area contributed by atoms with Crippen molar-refractivity contribution in [1.82, 2.24) is 5.32 Å². The highest BCUT2D eigenvalue weighted by Crippen LogP contribution is 2.26. The Morgan fingerprint density at radius 1 is 1.53 bits per heavy atom. The normalized spacial score (nSPS) is 13.6. The second kappa shape index (κ2) is 6.14. The zero-order valence-corrected chi connectivity index (χ0v) is 10.9. The number of primary amides is 1. The Balaban J connectivity index is 2.68. The van der Waals surface area contributed by atoms with Gasteiger partial charge in [-0.25, -0.2) is 0 Å². The van der Waals surface area contributed by atoms with E-state index >= 15 is 0 Å². The van der Waals surface area contributed by atoms with Crippen LogP contribution in [0.2, 0.25) is 0 Å². The van der Waals surface area contributed by atoms with E-state index in [2.05, 4.69) is 5.32 Å². The molecule has 1 unspecified atom stereocenters. The molecule has 0 saturated carbocycles. The summed E-state index contributed by atoms with van der Waals surface area (Å²) >= 11 is 0. The number of amides is 1. The van der Waals surface area contributed by atoms with Crippen LogP contribution >= 0.6 is 0 Å². The summed E-state index contributed by atoms with van der Waals surface area (Å²) in [6, 6.07) is 6.08. The van der Waals surface area contributed by atoms with E-state index in [0.29, 0.717) is 6.42 Å². The molecule has 0 aromatic heterocycles. The molecule has 1 aromatic rings. The maximum absolute atomic E-state index is 11.3. The topological polar surface area (TPSA) is 107 Å². The van der Waals surface area contributed by atoms with Gasteiger partial charge in [0, 0.05) is 12.5 Å².